The number of nitrogens with zero attached hydrogens (tertiary/aromatic N) is 2. The number of halogens is 1. The van der Waals surface area contributed by atoms with E-state index in [2.05, 4.69) is 4.98 Å². The highest BCUT2D eigenvalue weighted by Gasteiger charge is 2.12. The number of carbonyl (C=O) groups is 1. The van der Waals surface area contributed by atoms with Crippen molar-refractivity contribution in [2.24, 2.45) is 0 Å². The van der Waals surface area contributed by atoms with Crippen LogP contribution in [0, 0.1) is 0 Å². The first-order valence-corrected chi connectivity index (χ1v) is 4.90. The second-order valence-electron chi connectivity index (χ2n) is 2.93. The van der Waals surface area contributed by atoms with E-state index in [-0.39, 0.29) is 5.69 Å². The van der Waals surface area contributed by atoms with E-state index in [1.807, 2.05) is 0 Å². The maximum absolute atomic E-state index is 11.4. The smallest absolute Gasteiger partial charge is 0.358 e. The van der Waals surface area contributed by atoms with Gasteiger partial charge in [-0.25, -0.2) is 9.78 Å². The molecule has 78 valence electrons. The van der Waals surface area contributed by atoms with Crippen LogP contribution in [0.5, 0.6) is 0 Å². The molecule has 2 rings (SSSR count). The van der Waals surface area contributed by atoms with Crippen LogP contribution in [0.3, 0.4) is 0 Å². The molecule has 15 heavy (non-hydrogen) atoms. The average Bonchev–Trinajstić information content (AvgIpc) is 2.63. The van der Waals surface area contributed by atoms with Gasteiger partial charge in [-0.15, -0.1) is 0 Å². The minimum Gasteiger partial charge on any atom is -0.461 e. The minimum absolute atomic E-state index is 0.268. The van der Waals surface area contributed by atoms with Crippen LogP contribution in [0.15, 0.2) is 24.5 Å². The van der Waals surface area contributed by atoms with Gasteiger partial charge in [0.05, 0.1) is 11.6 Å². The van der Waals surface area contributed by atoms with E-state index in [0.717, 1.165) is 0 Å². The van der Waals surface area contributed by atoms with Gasteiger partial charge in [0.2, 0.25) is 0 Å². The second kappa shape index (κ2) is 3.90. The fourth-order valence-electron chi connectivity index (χ4n) is 1.28. The Bertz CT molecular complexity index is 507. The third-order valence-electron chi connectivity index (χ3n) is 1.92. The lowest BCUT2D eigenvalue weighted by Crippen LogP contribution is -2.04. The van der Waals surface area contributed by atoms with Gasteiger partial charge < -0.3 is 9.14 Å². The molecule has 0 aliphatic carbocycles. The topological polar surface area (TPSA) is 43.6 Å². The molecule has 0 radical (unpaired) electrons. The van der Waals surface area contributed by atoms with E-state index in [0.29, 0.717) is 17.3 Å². The summed E-state index contributed by atoms with van der Waals surface area (Å²) in [5, 5.41) is 0.507. The lowest BCUT2D eigenvalue weighted by atomic mass is 10.5. The van der Waals surface area contributed by atoms with Crippen molar-refractivity contribution < 1.29 is 9.53 Å². The number of carbonyl (C=O) groups excluding carboxylic acids is 1. The molecule has 2 heterocycles. The summed E-state index contributed by atoms with van der Waals surface area (Å²) in [4.78, 5) is 15.5. The maximum atomic E-state index is 11.4. The maximum Gasteiger partial charge on any atom is 0.358 e. The summed E-state index contributed by atoms with van der Waals surface area (Å²) in [7, 11) is 0. The van der Waals surface area contributed by atoms with Crippen molar-refractivity contribution in [3.05, 3.63) is 35.2 Å². The van der Waals surface area contributed by atoms with Crippen LogP contribution in [0.4, 0.5) is 0 Å². The van der Waals surface area contributed by atoms with E-state index in [9.17, 15) is 4.79 Å². The summed E-state index contributed by atoms with van der Waals surface area (Å²) < 4.78 is 6.53. The summed E-state index contributed by atoms with van der Waals surface area (Å²) in [6.07, 6.45) is 3.37. The standard InChI is InChI=1S/C10H9ClN2O2/c1-2-15-10(14)8-6-13-5-3-4-7(11)9(13)12-8/h3-6H,2H2,1H3. The van der Waals surface area contributed by atoms with Gasteiger partial charge in [0, 0.05) is 12.4 Å². The predicted octanol–water partition coefficient (Wildman–Crippen LogP) is 2.16. The first-order valence-electron chi connectivity index (χ1n) is 4.52. The molecule has 2 aromatic rings. The average molecular weight is 225 g/mol. The normalized spacial score (nSPS) is 10.5. The van der Waals surface area contributed by atoms with Gasteiger partial charge >= 0.3 is 5.97 Å². The zero-order valence-electron chi connectivity index (χ0n) is 8.11. The summed E-state index contributed by atoms with van der Waals surface area (Å²) in [5.74, 6) is -0.433. The number of aromatic nitrogens is 2. The summed E-state index contributed by atoms with van der Waals surface area (Å²) in [6, 6.07) is 3.50. The fraction of sp³-hybridized carbons (Fsp3) is 0.200. The van der Waals surface area contributed by atoms with Gasteiger partial charge in [0.25, 0.3) is 0 Å². The molecular formula is C10H9ClN2O2. The SMILES string of the molecule is CCOC(=O)c1cn2cccc(Cl)c2n1. The number of pyridine rings is 1. The van der Waals surface area contributed by atoms with E-state index in [4.69, 9.17) is 16.3 Å². The second-order valence-corrected chi connectivity index (χ2v) is 3.34. The van der Waals surface area contributed by atoms with Crippen LogP contribution in [0.2, 0.25) is 5.02 Å². The van der Waals surface area contributed by atoms with Crippen LogP contribution in [0.1, 0.15) is 17.4 Å². The fourth-order valence-corrected chi connectivity index (χ4v) is 1.49. The number of rotatable bonds is 2. The lowest BCUT2D eigenvalue weighted by molar-refractivity contribution is 0.0520. The van der Waals surface area contributed by atoms with Gasteiger partial charge in [-0.1, -0.05) is 11.6 Å². The Morgan fingerprint density at radius 2 is 2.47 bits per heavy atom. The van der Waals surface area contributed by atoms with Crippen LogP contribution in [0.25, 0.3) is 5.65 Å². The van der Waals surface area contributed by atoms with E-state index >= 15 is 0 Å². The zero-order valence-corrected chi connectivity index (χ0v) is 8.86. The molecule has 2 aromatic heterocycles. The zero-order chi connectivity index (χ0) is 10.8. The number of hydrogen-bond acceptors (Lipinski definition) is 3. The summed E-state index contributed by atoms with van der Waals surface area (Å²) in [6.45, 7) is 2.08. The Labute approximate surface area is 91.4 Å². The van der Waals surface area contributed by atoms with Gasteiger partial charge in [0.15, 0.2) is 11.3 Å². The first kappa shape index (κ1) is 9.98. The quantitative estimate of drug-likeness (QED) is 0.735. The number of fused-ring (bicyclic) bond motifs is 1. The Morgan fingerprint density at radius 3 is 3.13 bits per heavy atom. The third-order valence-corrected chi connectivity index (χ3v) is 2.21. The van der Waals surface area contributed by atoms with Crippen molar-refractivity contribution in [3.63, 3.8) is 0 Å². The molecule has 0 N–H and O–H groups in total. The molecule has 4 nitrogen and oxygen atoms in total. The summed E-state index contributed by atoms with van der Waals surface area (Å²) in [5.41, 5.74) is 0.826. The molecule has 0 amide bonds. The van der Waals surface area contributed by atoms with E-state index in [1.165, 1.54) is 0 Å². The first-order chi connectivity index (χ1) is 7.22. The Kier molecular flexibility index (Phi) is 2.60. The van der Waals surface area contributed by atoms with Crippen LogP contribution in [-0.2, 0) is 4.74 Å². The van der Waals surface area contributed by atoms with Crippen molar-refractivity contribution >= 4 is 23.2 Å². The van der Waals surface area contributed by atoms with Crippen molar-refractivity contribution in [3.8, 4) is 0 Å². The number of esters is 1. The molecule has 0 atom stereocenters. The number of ether oxygens (including phenoxy) is 1. The molecule has 0 spiro atoms. The lowest BCUT2D eigenvalue weighted by Gasteiger charge is -1.95. The third kappa shape index (κ3) is 1.80. The van der Waals surface area contributed by atoms with Crippen molar-refractivity contribution in [1.82, 2.24) is 9.38 Å². The van der Waals surface area contributed by atoms with Gasteiger partial charge in [-0.05, 0) is 19.1 Å². The minimum atomic E-state index is -0.433. The van der Waals surface area contributed by atoms with Crippen molar-refractivity contribution in [1.29, 1.82) is 0 Å². The molecule has 0 saturated heterocycles. The molecule has 0 aromatic carbocycles. The Hall–Kier alpha value is -1.55. The van der Waals surface area contributed by atoms with Gasteiger partial charge in [-0.2, -0.15) is 0 Å². The molecule has 0 unspecified atom stereocenters. The highest BCUT2D eigenvalue weighted by Crippen LogP contribution is 2.16. The predicted molar refractivity (Wildman–Crippen MR) is 56.2 cm³/mol. The molecular weight excluding hydrogens is 216 g/mol. The molecule has 0 aliphatic heterocycles. The summed E-state index contributed by atoms with van der Waals surface area (Å²) >= 11 is 5.92. The van der Waals surface area contributed by atoms with Crippen molar-refractivity contribution in [2.75, 3.05) is 6.61 Å². The molecule has 0 bridgehead atoms. The van der Waals surface area contributed by atoms with E-state index < -0.39 is 5.97 Å². The molecule has 0 fully saturated rings. The molecule has 0 saturated carbocycles. The van der Waals surface area contributed by atoms with Gasteiger partial charge in [-0.3, -0.25) is 0 Å². The largest absolute Gasteiger partial charge is 0.461 e. The molecule has 5 heteroatoms. The number of hydrogen-bond donors (Lipinski definition) is 0. The highest BCUT2D eigenvalue weighted by molar-refractivity contribution is 6.33. The van der Waals surface area contributed by atoms with Crippen LogP contribution >= 0.6 is 11.6 Å². The Morgan fingerprint density at radius 1 is 1.67 bits per heavy atom. The molecule has 0 aliphatic rings. The van der Waals surface area contributed by atoms with Crippen molar-refractivity contribution in [2.45, 2.75) is 6.92 Å². The van der Waals surface area contributed by atoms with Gasteiger partial charge in [0.1, 0.15) is 0 Å². The van der Waals surface area contributed by atoms with Crippen LogP contribution in [-0.4, -0.2) is 22.0 Å². The van der Waals surface area contributed by atoms with E-state index in [1.54, 1.807) is 35.9 Å². The highest BCUT2D eigenvalue weighted by atomic mass is 35.5. The van der Waals surface area contributed by atoms with Crippen LogP contribution < -0.4 is 0 Å². The Balaban J connectivity index is 2.47. The number of imidazole rings is 1. The monoisotopic (exact) mass is 224 g/mol.